The molecule has 1 rings (SSSR count). The lowest BCUT2D eigenvalue weighted by atomic mass is 9.98. The molecule has 98 valence electrons. The van der Waals surface area contributed by atoms with Crippen LogP contribution in [0.1, 0.15) is 33.6 Å². The van der Waals surface area contributed by atoms with Crippen molar-refractivity contribution in [1.82, 2.24) is 5.32 Å². The van der Waals surface area contributed by atoms with Gasteiger partial charge in [0.1, 0.15) is 0 Å². The Balaban J connectivity index is 3.17. The topological polar surface area (TPSA) is 12.0 Å². The third-order valence-corrected chi connectivity index (χ3v) is 3.03. The maximum Gasteiger partial charge on any atom is 0.0413 e. The monoisotopic (exact) mass is 243 g/mol. The van der Waals surface area contributed by atoms with E-state index in [4.69, 9.17) is 0 Å². The van der Waals surface area contributed by atoms with E-state index in [1.165, 1.54) is 29.7 Å². The van der Waals surface area contributed by atoms with Crippen LogP contribution in [0.2, 0.25) is 0 Å². The van der Waals surface area contributed by atoms with Gasteiger partial charge in [0.2, 0.25) is 0 Å². The van der Waals surface area contributed by atoms with E-state index in [-0.39, 0.29) is 0 Å². The number of likely N-dealkylation sites (N-methyl/N-ethyl adjacent to an activating group) is 1. The smallest absolute Gasteiger partial charge is 0.0413 e. The molecule has 0 spiro atoms. The van der Waals surface area contributed by atoms with Crippen molar-refractivity contribution in [3.63, 3.8) is 0 Å². The number of nitrogens with one attached hydrogen (secondary N) is 1. The normalized spacial score (nSPS) is 18.3. The summed E-state index contributed by atoms with van der Waals surface area (Å²) in [5.74, 6) is 0.748. The third-order valence-electron chi connectivity index (χ3n) is 3.03. The van der Waals surface area contributed by atoms with Crippen LogP contribution in [0.5, 0.6) is 0 Å². The van der Waals surface area contributed by atoms with Crippen molar-refractivity contribution < 1.29 is 0 Å². The zero-order valence-corrected chi connectivity index (χ0v) is 11.9. The summed E-state index contributed by atoms with van der Waals surface area (Å²) in [6.45, 7) is 11.0. The first-order valence-electron chi connectivity index (χ1n) is 6.84. The summed E-state index contributed by atoms with van der Waals surface area (Å²) >= 11 is 0. The molecule has 1 aliphatic carbocycles. The summed E-state index contributed by atoms with van der Waals surface area (Å²) in [5.41, 5.74) is 3.97. The fraction of sp³-hybridized carbons (Fsp3) is 0.412. The fourth-order valence-corrected chi connectivity index (χ4v) is 2.11. The minimum atomic E-state index is 0.748. The molecule has 0 radical (unpaired) electrons. The average molecular weight is 243 g/mol. The quantitative estimate of drug-likeness (QED) is 0.648. The Morgan fingerprint density at radius 1 is 1.28 bits per heavy atom. The Morgan fingerprint density at radius 2 is 2.00 bits per heavy atom. The molecule has 0 aromatic rings. The molecule has 0 unspecified atom stereocenters. The van der Waals surface area contributed by atoms with E-state index in [0.29, 0.717) is 0 Å². The van der Waals surface area contributed by atoms with Gasteiger partial charge in [0.05, 0.1) is 0 Å². The third kappa shape index (κ3) is 4.06. The molecule has 1 N–H and O–H groups in total. The fourth-order valence-electron chi connectivity index (χ4n) is 2.11. The number of hydrogen-bond acceptors (Lipinski definition) is 1. The van der Waals surface area contributed by atoms with Gasteiger partial charge in [-0.15, -0.1) is 0 Å². The number of allylic oxidation sites excluding steroid dienone is 8. The van der Waals surface area contributed by atoms with Gasteiger partial charge >= 0.3 is 0 Å². The molecular weight excluding hydrogens is 218 g/mol. The van der Waals surface area contributed by atoms with Crippen molar-refractivity contribution in [3.8, 4) is 0 Å². The van der Waals surface area contributed by atoms with Crippen molar-refractivity contribution in [3.05, 3.63) is 59.9 Å². The first kappa shape index (κ1) is 14.6. The zero-order chi connectivity index (χ0) is 13.4. The minimum Gasteiger partial charge on any atom is -0.385 e. The van der Waals surface area contributed by atoms with Gasteiger partial charge in [-0.25, -0.2) is 0 Å². The SMILES string of the molecule is C=C/C=C/C(C(=C\C)/C1CC1)=C(\C=C/C)NCC. The second kappa shape index (κ2) is 7.75. The summed E-state index contributed by atoms with van der Waals surface area (Å²) in [6.07, 6.45) is 15.1. The van der Waals surface area contributed by atoms with Crippen molar-refractivity contribution in [1.29, 1.82) is 0 Å². The molecule has 0 saturated heterocycles. The van der Waals surface area contributed by atoms with Gasteiger partial charge in [0.15, 0.2) is 0 Å². The highest BCUT2D eigenvalue weighted by atomic mass is 14.9. The van der Waals surface area contributed by atoms with Crippen LogP contribution in [-0.2, 0) is 0 Å². The van der Waals surface area contributed by atoms with Crippen molar-refractivity contribution in [2.24, 2.45) is 5.92 Å². The Labute approximate surface area is 112 Å². The lowest BCUT2D eigenvalue weighted by Crippen LogP contribution is -2.13. The second-order valence-corrected chi connectivity index (χ2v) is 4.47. The van der Waals surface area contributed by atoms with Crippen molar-refractivity contribution >= 4 is 0 Å². The van der Waals surface area contributed by atoms with Gasteiger partial charge < -0.3 is 5.32 Å². The molecule has 0 bridgehead atoms. The predicted octanol–water partition coefficient (Wildman–Crippen LogP) is 4.52. The molecule has 0 aromatic heterocycles. The van der Waals surface area contributed by atoms with Gasteiger partial charge in [0, 0.05) is 17.8 Å². The molecule has 1 saturated carbocycles. The summed E-state index contributed by atoms with van der Waals surface area (Å²) in [4.78, 5) is 0. The van der Waals surface area contributed by atoms with Crippen LogP contribution < -0.4 is 5.32 Å². The van der Waals surface area contributed by atoms with E-state index in [1.54, 1.807) is 0 Å². The molecule has 1 fully saturated rings. The van der Waals surface area contributed by atoms with Crippen molar-refractivity contribution in [2.45, 2.75) is 33.6 Å². The molecule has 0 atom stereocenters. The molecule has 0 aliphatic heterocycles. The van der Waals surface area contributed by atoms with Crippen LogP contribution in [0.25, 0.3) is 0 Å². The number of hydrogen-bond donors (Lipinski definition) is 1. The van der Waals surface area contributed by atoms with E-state index in [0.717, 1.165) is 12.5 Å². The first-order chi connectivity index (χ1) is 8.78. The van der Waals surface area contributed by atoms with Gasteiger partial charge in [-0.3, -0.25) is 0 Å². The summed E-state index contributed by atoms with van der Waals surface area (Å²) in [7, 11) is 0. The second-order valence-electron chi connectivity index (χ2n) is 4.47. The highest BCUT2D eigenvalue weighted by Crippen LogP contribution is 2.41. The summed E-state index contributed by atoms with van der Waals surface area (Å²) in [6, 6.07) is 0. The molecule has 1 nitrogen and oxygen atoms in total. The average Bonchev–Trinajstić information content (AvgIpc) is 3.18. The standard InChI is InChI=1S/C17H25N/c1-5-9-11-16(15(7-3)14-12-13-14)17(10-6-2)18-8-4/h5-7,9-11,14,18H,1,8,12-13H2,2-4H3/b10-6-,11-9+,15-7-,17-16-. The summed E-state index contributed by atoms with van der Waals surface area (Å²) in [5, 5.41) is 3.46. The van der Waals surface area contributed by atoms with Crippen LogP contribution in [0, 0.1) is 5.92 Å². The maximum atomic E-state index is 3.76. The van der Waals surface area contributed by atoms with E-state index in [9.17, 15) is 0 Å². The Bertz CT molecular complexity index is 390. The molecule has 0 aromatic carbocycles. The first-order valence-corrected chi connectivity index (χ1v) is 6.84. The molecule has 0 amide bonds. The lowest BCUT2D eigenvalue weighted by molar-refractivity contribution is 0.862. The zero-order valence-electron chi connectivity index (χ0n) is 11.9. The Morgan fingerprint density at radius 3 is 2.44 bits per heavy atom. The van der Waals surface area contributed by atoms with E-state index in [2.05, 4.69) is 57.0 Å². The highest BCUT2D eigenvalue weighted by Gasteiger charge is 2.27. The van der Waals surface area contributed by atoms with Crippen LogP contribution in [0.15, 0.2) is 59.9 Å². The van der Waals surface area contributed by atoms with Crippen LogP contribution in [-0.4, -0.2) is 6.54 Å². The lowest BCUT2D eigenvalue weighted by Gasteiger charge is -2.14. The maximum absolute atomic E-state index is 3.76. The van der Waals surface area contributed by atoms with Crippen LogP contribution in [0.3, 0.4) is 0 Å². The van der Waals surface area contributed by atoms with Gasteiger partial charge in [0.25, 0.3) is 0 Å². The van der Waals surface area contributed by atoms with Gasteiger partial charge in [-0.2, -0.15) is 0 Å². The largest absolute Gasteiger partial charge is 0.385 e. The predicted molar refractivity (Wildman–Crippen MR) is 81.3 cm³/mol. The summed E-state index contributed by atoms with van der Waals surface area (Å²) < 4.78 is 0. The van der Waals surface area contributed by atoms with Crippen LogP contribution in [0.4, 0.5) is 0 Å². The minimum absolute atomic E-state index is 0.748. The van der Waals surface area contributed by atoms with E-state index < -0.39 is 0 Å². The van der Waals surface area contributed by atoms with Crippen molar-refractivity contribution in [2.75, 3.05) is 6.54 Å². The molecule has 18 heavy (non-hydrogen) atoms. The molecule has 1 aliphatic rings. The number of rotatable bonds is 7. The van der Waals surface area contributed by atoms with Gasteiger partial charge in [-0.05, 0) is 51.2 Å². The molecule has 1 heteroatoms. The van der Waals surface area contributed by atoms with E-state index in [1.807, 2.05) is 12.2 Å². The van der Waals surface area contributed by atoms with Crippen LogP contribution >= 0.6 is 0 Å². The Kier molecular flexibility index (Phi) is 6.27. The molecular formula is C17H25N. The molecule has 0 heterocycles. The van der Waals surface area contributed by atoms with E-state index >= 15 is 0 Å². The highest BCUT2D eigenvalue weighted by molar-refractivity contribution is 5.49. The Hall–Kier alpha value is -1.50. The van der Waals surface area contributed by atoms with Gasteiger partial charge in [-0.1, -0.05) is 37.0 Å².